The molecule has 86 valence electrons. The van der Waals surface area contributed by atoms with Crippen LogP contribution in [0.1, 0.15) is 19.4 Å². The molecule has 0 spiro atoms. The second-order valence-corrected chi connectivity index (χ2v) is 4.34. The second kappa shape index (κ2) is 4.50. The zero-order valence-electron chi connectivity index (χ0n) is 9.66. The van der Waals surface area contributed by atoms with Crippen LogP contribution in [0.2, 0.25) is 0 Å². The van der Waals surface area contributed by atoms with Crippen molar-refractivity contribution in [1.82, 2.24) is 0 Å². The lowest BCUT2D eigenvalue weighted by atomic mass is 10.0. The predicted molar refractivity (Wildman–Crippen MR) is 60.7 cm³/mol. The van der Waals surface area contributed by atoms with Gasteiger partial charge in [0, 0.05) is 12.7 Å². The highest BCUT2D eigenvalue weighted by molar-refractivity contribution is 5.53. The molecule has 1 N–H and O–H groups in total. The number of hydrogen-bond acceptors (Lipinski definition) is 3. The van der Waals surface area contributed by atoms with E-state index in [4.69, 9.17) is 5.26 Å². The molecular weight excluding hydrogens is 207 g/mol. The molecule has 0 heterocycles. The highest BCUT2D eigenvalue weighted by atomic mass is 19.1. The fourth-order valence-corrected chi connectivity index (χ4v) is 1.29. The molecule has 16 heavy (non-hydrogen) atoms. The first-order valence-corrected chi connectivity index (χ1v) is 4.96. The van der Waals surface area contributed by atoms with Crippen molar-refractivity contribution in [2.24, 2.45) is 0 Å². The van der Waals surface area contributed by atoms with Gasteiger partial charge in [0.15, 0.2) is 0 Å². The minimum Gasteiger partial charge on any atom is -0.394 e. The number of aliphatic hydroxyl groups excluding tert-OH is 1. The summed E-state index contributed by atoms with van der Waals surface area (Å²) < 4.78 is 13.2. The van der Waals surface area contributed by atoms with E-state index in [0.717, 1.165) is 0 Å². The maximum absolute atomic E-state index is 13.2. The van der Waals surface area contributed by atoms with E-state index in [1.165, 1.54) is 12.1 Å². The monoisotopic (exact) mass is 222 g/mol. The Balaban J connectivity index is 3.14. The van der Waals surface area contributed by atoms with Crippen molar-refractivity contribution in [3.05, 3.63) is 29.6 Å². The number of anilines is 1. The molecule has 0 atom stereocenters. The fourth-order valence-electron chi connectivity index (χ4n) is 1.29. The number of nitrogens with zero attached hydrogens (tertiary/aromatic N) is 2. The summed E-state index contributed by atoms with van der Waals surface area (Å²) in [6, 6.07) is 6.03. The number of nitriles is 1. The molecule has 4 heteroatoms. The smallest absolute Gasteiger partial charge is 0.126 e. The summed E-state index contributed by atoms with van der Waals surface area (Å²) in [6.45, 7) is 3.62. The van der Waals surface area contributed by atoms with Crippen LogP contribution in [0.25, 0.3) is 0 Å². The molecule has 1 aromatic rings. The predicted octanol–water partition coefficient (Wildman–Crippen LogP) is 1.90. The van der Waals surface area contributed by atoms with Gasteiger partial charge in [-0.05, 0) is 32.0 Å². The van der Waals surface area contributed by atoms with Crippen molar-refractivity contribution < 1.29 is 9.50 Å². The van der Waals surface area contributed by atoms with Gasteiger partial charge in [0.1, 0.15) is 5.82 Å². The number of aliphatic hydroxyl groups is 1. The van der Waals surface area contributed by atoms with Crippen molar-refractivity contribution in [1.29, 1.82) is 5.26 Å². The molecular formula is C12H15FN2O. The molecule has 0 saturated carbocycles. The van der Waals surface area contributed by atoms with Crippen LogP contribution >= 0.6 is 0 Å². The van der Waals surface area contributed by atoms with Gasteiger partial charge in [-0.1, -0.05) is 0 Å². The van der Waals surface area contributed by atoms with Gasteiger partial charge in [-0.3, -0.25) is 0 Å². The van der Waals surface area contributed by atoms with Gasteiger partial charge < -0.3 is 10.0 Å². The molecule has 0 radical (unpaired) electrons. The zero-order chi connectivity index (χ0) is 12.3. The number of halogens is 1. The summed E-state index contributed by atoms with van der Waals surface area (Å²) in [5, 5.41) is 18.0. The van der Waals surface area contributed by atoms with Gasteiger partial charge in [-0.25, -0.2) is 4.39 Å². The van der Waals surface area contributed by atoms with Gasteiger partial charge in [-0.2, -0.15) is 5.26 Å². The quantitative estimate of drug-likeness (QED) is 0.849. The van der Waals surface area contributed by atoms with Gasteiger partial charge in [0.05, 0.1) is 23.8 Å². The zero-order valence-corrected chi connectivity index (χ0v) is 9.66. The SMILES string of the molecule is CN(c1cc(F)cc(C#N)c1)C(C)(C)CO. The Labute approximate surface area is 94.7 Å². The first-order valence-electron chi connectivity index (χ1n) is 4.96. The van der Waals surface area contributed by atoms with E-state index < -0.39 is 11.4 Å². The van der Waals surface area contributed by atoms with Crippen molar-refractivity contribution >= 4 is 5.69 Å². The van der Waals surface area contributed by atoms with Crippen LogP contribution in [0.3, 0.4) is 0 Å². The Morgan fingerprint density at radius 2 is 2.06 bits per heavy atom. The third-order valence-corrected chi connectivity index (χ3v) is 2.69. The lowest BCUT2D eigenvalue weighted by molar-refractivity contribution is 0.216. The minimum absolute atomic E-state index is 0.0537. The van der Waals surface area contributed by atoms with Crippen LogP contribution in [0, 0.1) is 17.1 Å². The highest BCUT2D eigenvalue weighted by Crippen LogP contribution is 2.23. The standard InChI is InChI=1S/C12H15FN2O/c1-12(2,8-16)15(3)11-5-9(7-14)4-10(13)6-11/h4-6,16H,8H2,1-3H3. The number of rotatable bonds is 3. The van der Waals surface area contributed by atoms with Gasteiger partial charge in [-0.15, -0.1) is 0 Å². The Morgan fingerprint density at radius 1 is 1.44 bits per heavy atom. The highest BCUT2D eigenvalue weighted by Gasteiger charge is 2.23. The average molecular weight is 222 g/mol. The van der Waals surface area contributed by atoms with Gasteiger partial charge in [0.25, 0.3) is 0 Å². The largest absolute Gasteiger partial charge is 0.394 e. The Hall–Kier alpha value is -1.60. The van der Waals surface area contributed by atoms with Crippen LogP contribution in [-0.2, 0) is 0 Å². The Morgan fingerprint density at radius 3 is 2.56 bits per heavy atom. The maximum Gasteiger partial charge on any atom is 0.126 e. The van der Waals surface area contributed by atoms with E-state index in [1.54, 1.807) is 18.0 Å². The molecule has 0 aliphatic carbocycles. The third kappa shape index (κ3) is 2.50. The Bertz CT molecular complexity index is 424. The van der Waals surface area contributed by atoms with E-state index in [9.17, 15) is 9.50 Å². The van der Waals surface area contributed by atoms with E-state index in [0.29, 0.717) is 5.69 Å². The third-order valence-electron chi connectivity index (χ3n) is 2.69. The van der Waals surface area contributed by atoms with Gasteiger partial charge >= 0.3 is 0 Å². The molecule has 0 unspecified atom stereocenters. The second-order valence-electron chi connectivity index (χ2n) is 4.34. The molecule has 0 saturated heterocycles. The average Bonchev–Trinajstić information content (AvgIpc) is 2.27. The van der Waals surface area contributed by atoms with E-state index in [2.05, 4.69) is 0 Å². The molecule has 3 nitrogen and oxygen atoms in total. The van der Waals surface area contributed by atoms with Crippen LogP contribution in [0.4, 0.5) is 10.1 Å². The van der Waals surface area contributed by atoms with E-state index in [-0.39, 0.29) is 12.2 Å². The number of benzene rings is 1. The molecule has 0 aliphatic heterocycles. The summed E-state index contributed by atoms with van der Waals surface area (Å²) in [5.41, 5.74) is 0.353. The molecule has 0 bridgehead atoms. The normalized spacial score (nSPS) is 11.0. The minimum atomic E-state index is -0.499. The molecule has 0 amide bonds. The molecule has 0 aromatic heterocycles. The van der Waals surface area contributed by atoms with Gasteiger partial charge in [0.2, 0.25) is 0 Å². The van der Waals surface area contributed by atoms with Crippen LogP contribution in [0.15, 0.2) is 18.2 Å². The van der Waals surface area contributed by atoms with Crippen molar-refractivity contribution in [3.63, 3.8) is 0 Å². The van der Waals surface area contributed by atoms with Crippen molar-refractivity contribution in [2.75, 3.05) is 18.6 Å². The first kappa shape index (κ1) is 12.5. The van der Waals surface area contributed by atoms with Crippen LogP contribution < -0.4 is 4.90 Å². The van der Waals surface area contributed by atoms with E-state index >= 15 is 0 Å². The van der Waals surface area contributed by atoms with Crippen molar-refractivity contribution in [3.8, 4) is 6.07 Å². The lowest BCUT2D eigenvalue weighted by Gasteiger charge is -2.35. The maximum atomic E-state index is 13.2. The van der Waals surface area contributed by atoms with Crippen LogP contribution in [-0.4, -0.2) is 24.3 Å². The fraction of sp³-hybridized carbons (Fsp3) is 0.417. The molecule has 0 aliphatic rings. The van der Waals surface area contributed by atoms with Crippen molar-refractivity contribution in [2.45, 2.75) is 19.4 Å². The van der Waals surface area contributed by atoms with E-state index in [1.807, 2.05) is 19.9 Å². The summed E-state index contributed by atoms with van der Waals surface area (Å²) in [7, 11) is 1.76. The topological polar surface area (TPSA) is 47.3 Å². The first-order chi connectivity index (χ1) is 7.40. The summed E-state index contributed by atoms with van der Waals surface area (Å²) in [4.78, 5) is 1.75. The molecule has 1 aromatic carbocycles. The molecule has 0 fully saturated rings. The lowest BCUT2D eigenvalue weighted by Crippen LogP contribution is -2.44. The molecule has 1 rings (SSSR count). The summed E-state index contributed by atoms with van der Waals surface area (Å²) >= 11 is 0. The number of hydrogen-bond donors (Lipinski definition) is 1. The Kier molecular flexibility index (Phi) is 3.51. The summed E-state index contributed by atoms with van der Waals surface area (Å²) in [5.74, 6) is -0.449. The summed E-state index contributed by atoms with van der Waals surface area (Å²) in [6.07, 6.45) is 0. The van der Waals surface area contributed by atoms with Crippen LogP contribution in [0.5, 0.6) is 0 Å². The number of likely N-dealkylation sites (N-methyl/N-ethyl adjacent to an activating group) is 1.